The van der Waals surface area contributed by atoms with Gasteiger partial charge in [0.15, 0.2) is 0 Å². The first-order valence-corrected chi connectivity index (χ1v) is 4.91. The maximum atomic E-state index is 11.5. The molecule has 5 heteroatoms. The molecule has 14 heavy (non-hydrogen) atoms. The van der Waals surface area contributed by atoms with Crippen LogP contribution in [0.2, 0.25) is 0 Å². The molecule has 2 amide bonds. The zero-order valence-electron chi connectivity index (χ0n) is 8.16. The Balaban J connectivity index is 2.39. The van der Waals surface area contributed by atoms with E-state index in [2.05, 4.69) is 5.32 Å². The summed E-state index contributed by atoms with van der Waals surface area (Å²) in [5.74, 6) is -0.361. The molecule has 0 bridgehead atoms. The van der Waals surface area contributed by atoms with Gasteiger partial charge < -0.3 is 16.8 Å². The van der Waals surface area contributed by atoms with Gasteiger partial charge >= 0.3 is 0 Å². The van der Waals surface area contributed by atoms with Crippen molar-refractivity contribution in [3.63, 3.8) is 0 Å². The Bertz CT molecular complexity index is 230. The molecular weight excluding hydrogens is 182 g/mol. The fourth-order valence-corrected chi connectivity index (χ4v) is 1.97. The summed E-state index contributed by atoms with van der Waals surface area (Å²) >= 11 is 0. The number of hydrogen-bond acceptors (Lipinski definition) is 3. The van der Waals surface area contributed by atoms with Gasteiger partial charge in [-0.25, -0.2) is 0 Å². The van der Waals surface area contributed by atoms with Gasteiger partial charge in [-0.05, 0) is 25.3 Å². The van der Waals surface area contributed by atoms with E-state index >= 15 is 0 Å². The number of rotatable bonds is 4. The largest absolute Gasteiger partial charge is 0.368 e. The third-order valence-electron chi connectivity index (χ3n) is 2.74. The Morgan fingerprint density at radius 3 is 2.64 bits per heavy atom. The second-order valence-electron chi connectivity index (χ2n) is 3.72. The molecule has 1 fully saturated rings. The van der Waals surface area contributed by atoms with Crippen molar-refractivity contribution in [2.75, 3.05) is 13.1 Å². The zero-order valence-corrected chi connectivity index (χ0v) is 8.16. The molecule has 1 aliphatic rings. The van der Waals surface area contributed by atoms with E-state index in [0.29, 0.717) is 6.54 Å². The smallest absolute Gasteiger partial charge is 0.236 e. The maximum Gasteiger partial charge on any atom is 0.236 e. The highest BCUT2D eigenvalue weighted by atomic mass is 16.2. The summed E-state index contributed by atoms with van der Waals surface area (Å²) in [7, 11) is 0. The third-order valence-corrected chi connectivity index (χ3v) is 2.74. The monoisotopic (exact) mass is 199 g/mol. The van der Waals surface area contributed by atoms with Crippen LogP contribution in [0.15, 0.2) is 0 Å². The van der Waals surface area contributed by atoms with Crippen LogP contribution in [0.25, 0.3) is 0 Å². The molecule has 2 atom stereocenters. The Morgan fingerprint density at radius 2 is 2.07 bits per heavy atom. The highest BCUT2D eigenvalue weighted by Gasteiger charge is 2.31. The molecule has 1 saturated carbocycles. The number of primary amides is 1. The molecule has 80 valence electrons. The average molecular weight is 199 g/mol. The van der Waals surface area contributed by atoms with Crippen LogP contribution in [-0.2, 0) is 9.59 Å². The van der Waals surface area contributed by atoms with Crippen LogP contribution in [0.5, 0.6) is 0 Å². The topological polar surface area (TPSA) is 98.2 Å². The lowest BCUT2D eigenvalue weighted by Crippen LogP contribution is -2.39. The Kier molecular flexibility index (Phi) is 3.88. The van der Waals surface area contributed by atoms with Crippen molar-refractivity contribution < 1.29 is 9.59 Å². The summed E-state index contributed by atoms with van der Waals surface area (Å²) in [6.07, 6.45) is 2.91. The first kappa shape index (κ1) is 11.0. The molecule has 5 nitrogen and oxygen atoms in total. The fourth-order valence-electron chi connectivity index (χ4n) is 1.97. The van der Waals surface area contributed by atoms with Gasteiger partial charge in [0.1, 0.15) is 0 Å². The van der Waals surface area contributed by atoms with E-state index in [1.807, 2.05) is 0 Å². The van der Waals surface area contributed by atoms with Crippen molar-refractivity contribution in [2.45, 2.75) is 19.3 Å². The average Bonchev–Trinajstić information content (AvgIpc) is 2.61. The van der Waals surface area contributed by atoms with Crippen LogP contribution in [0.1, 0.15) is 19.3 Å². The number of carbonyl (C=O) groups excluding carboxylic acids is 2. The van der Waals surface area contributed by atoms with E-state index in [4.69, 9.17) is 11.5 Å². The molecule has 0 spiro atoms. The van der Waals surface area contributed by atoms with E-state index in [1.54, 1.807) is 0 Å². The van der Waals surface area contributed by atoms with Crippen molar-refractivity contribution in [1.29, 1.82) is 0 Å². The highest BCUT2D eigenvalue weighted by Crippen LogP contribution is 2.30. The summed E-state index contributed by atoms with van der Waals surface area (Å²) in [5.41, 5.74) is 10.5. The van der Waals surface area contributed by atoms with Crippen molar-refractivity contribution in [1.82, 2.24) is 5.32 Å². The number of nitrogens with one attached hydrogen (secondary N) is 1. The summed E-state index contributed by atoms with van der Waals surface area (Å²) in [6, 6.07) is 0. The Morgan fingerprint density at radius 1 is 1.36 bits per heavy atom. The van der Waals surface area contributed by atoms with Crippen molar-refractivity contribution in [3.05, 3.63) is 0 Å². The van der Waals surface area contributed by atoms with E-state index in [1.165, 1.54) is 0 Å². The minimum absolute atomic E-state index is 0.0284. The van der Waals surface area contributed by atoms with Gasteiger partial charge in [-0.2, -0.15) is 0 Å². The van der Waals surface area contributed by atoms with Gasteiger partial charge in [0.05, 0.1) is 6.54 Å². The molecule has 0 aromatic rings. The summed E-state index contributed by atoms with van der Waals surface area (Å²) in [5, 5.41) is 2.52. The Hall–Kier alpha value is -1.10. The quantitative estimate of drug-likeness (QED) is 0.539. The zero-order chi connectivity index (χ0) is 10.6. The van der Waals surface area contributed by atoms with E-state index in [-0.39, 0.29) is 24.3 Å². The summed E-state index contributed by atoms with van der Waals surface area (Å²) < 4.78 is 0. The fraction of sp³-hybridized carbons (Fsp3) is 0.778. The summed E-state index contributed by atoms with van der Waals surface area (Å²) in [6.45, 7) is 0.460. The maximum absolute atomic E-state index is 11.5. The molecule has 1 rings (SSSR count). The summed E-state index contributed by atoms with van der Waals surface area (Å²) in [4.78, 5) is 22.0. The Labute approximate surface area is 83.2 Å². The minimum atomic E-state index is -0.513. The van der Waals surface area contributed by atoms with Crippen LogP contribution in [0.3, 0.4) is 0 Å². The molecule has 5 N–H and O–H groups in total. The predicted octanol–water partition coefficient (Wildman–Crippen LogP) is -1.04. The third kappa shape index (κ3) is 2.70. The number of amides is 2. The van der Waals surface area contributed by atoms with Crippen LogP contribution in [0, 0.1) is 11.8 Å². The van der Waals surface area contributed by atoms with Gasteiger partial charge in [-0.1, -0.05) is 6.42 Å². The van der Waals surface area contributed by atoms with Gasteiger partial charge in [0, 0.05) is 5.92 Å². The van der Waals surface area contributed by atoms with Crippen molar-refractivity contribution >= 4 is 11.8 Å². The van der Waals surface area contributed by atoms with Crippen LogP contribution in [-0.4, -0.2) is 24.9 Å². The van der Waals surface area contributed by atoms with Gasteiger partial charge in [0.2, 0.25) is 11.8 Å². The molecule has 0 heterocycles. The molecule has 2 unspecified atom stereocenters. The molecule has 0 aromatic carbocycles. The number of nitrogens with two attached hydrogens (primary N) is 2. The van der Waals surface area contributed by atoms with Gasteiger partial charge in [-0.3, -0.25) is 9.59 Å². The standard InChI is InChI=1S/C9H17N3O2/c10-4-6-2-1-3-7(6)9(14)12-5-8(11)13/h6-7H,1-5,10H2,(H2,11,13)(H,12,14). The first-order chi connectivity index (χ1) is 6.65. The SMILES string of the molecule is NCC1CCCC1C(=O)NCC(N)=O. The lowest BCUT2D eigenvalue weighted by atomic mass is 9.95. The van der Waals surface area contributed by atoms with Crippen LogP contribution < -0.4 is 16.8 Å². The van der Waals surface area contributed by atoms with Crippen molar-refractivity contribution in [2.24, 2.45) is 23.3 Å². The molecule has 0 radical (unpaired) electrons. The first-order valence-electron chi connectivity index (χ1n) is 4.91. The highest BCUT2D eigenvalue weighted by molar-refractivity contribution is 5.85. The lowest BCUT2D eigenvalue weighted by molar-refractivity contribution is -0.128. The van der Waals surface area contributed by atoms with Gasteiger partial charge in [-0.15, -0.1) is 0 Å². The molecule has 0 aromatic heterocycles. The molecule has 0 saturated heterocycles. The molecular formula is C9H17N3O2. The predicted molar refractivity (Wildman–Crippen MR) is 52.1 cm³/mol. The second-order valence-corrected chi connectivity index (χ2v) is 3.72. The van der Waals surface area contributed by atoms with Crippen molar-refractivity contribution in [3.8, 4) is 0 Å². The lowest BCUT2D eigenvalue weighted by Gasteiger charge is -2.16. The van der Waals surface area contributed by atoms with E-state index in [0.717, 1.165) is 19.3 Å². The molecule has 0 aliphatic heterocycles. The van der Waals surface area contributed by atoms with Gasteiger partial charge in [0.25, 0.3) is 0 Å². The van der Waals surface area contributed by atoms with Crippen LogP contribution >= 0.6 is 0 Å². The number of hydrogen-bond donors (Lipinski definition) is 3. The van der Waals surface area contributed by atoms with E-state index < -0.39 is 5.91 Å². The van der Waals surface area contributed by atoms with E-state index in [9.17, 15) is 9.59 Å². The number of carbonyl (C=O) groups is 2. The minimum Gasteiger partial charge on any atom is -0.368 e. The van der Waals surface area contributed by atoms with Crippen LogP contribution in [0.4, 0.5) is 0 Å². The molecule has 1 aliphatic carbocycles. The second kappa shape index (κ2) is 4.95. The normalized spacial score (nSPS) is 26.1.